The molecule has 4 heteroatoms. The Morgan fingerprint density at radius 3 is 2.69 bits per heavy atom. The molecule has 0 aliphatic carbocycles. The van der Waals surface area contributed by atoms with Crippen LogP contribution in [0.15, 0.2) is 12.3 Å². The van der Waals surface area contributed by atoms with E-state index in [0.717, 1.165) is 0 Å². The minimum atomic E-state index is -0.203. The molecule has 13 heavy (non-hydrogen) atoms. The SMILES string of the molecule is CC(C)/C=C/NC(=O)N(C)CCO. The van der Waals surface area contributed by atoms with E-state index in [2.05, 4.69) is 5.32 Å². The molecule has 2 N–H and O–H groups in total. The van der Waals surface area contributed by atoms with Crippen molar-refractivity contribution < 1.29 is 9.90 Å². The summed E-state index contributed by atoms with van der Waals surface area (Å²) in [5, 5.41) is 11.2. The fourth-order valence-corrected chi connectivity index (χ4v) is 0.674. The van der Waals surface area contributed by atoms with Crippen molar-refractivity contribution in [1.82, 2.24) is 10.2 Å². The second kappa shape index (κ2) is 6.48. The van der Waals surface area contributed by atoms with E-state index in [4.69, 9.17) is 5.11 Å². The number of carbonyl (C=O) groups is 1. The molecule has 0 aliphatic rings. The lowest BCUT2D eigenvalue weighted by Gasteiger charge is -2.14. The second-order valence-electron chi connectivity index (χ2n) is 3.20. The van der Waals surface area contributed by atoms with Crippen LogP contribution in [0.3, 0.4) is 0 Å². The Morgan fingerprint density at radius 1 is 1.62 bits per heavy atom. The first kappa shape index (κ1) is 12.0. The number of hydrogen-bond donors (Lipinski definition) is 2. The van der Waals surface area contributed by atoms with Gasteiger partial charge in [0.15, 0.2) is 0 Å². The summed E-state index contributed by atoms with van der Waals surface area (Å²) >= 11 is 0. The first-order valence-corrected chi connectivity index (χ1v) is 4.37. The van der Waals surface area contributed by atoms with Gasteiger partial charge >= 0.3 is 6.03 Å². The van der Waals surface area contributed by atoms with Crippen LogP contribution in [-0.4, -0.2) is 36.2 Å². The Bertz CT molecular complexity index is 178. The number of aliphatic hydroxyl groups excluding tert-OH is 1. The standard InChI is InChI=1S/C9H18N2O2/c1-8(2)4-5-10-9(13)11(3)6-7-12/h4-5,8,12H,6-7H2,1-3H3,(H,10,13)/b5-4+. The largest absolute Gasteiger partial charge is 0.395 e. The average molecular weight is 186 g/mol. The summed E-state index contributed by atoms with van der Waals surface area (Å²) in [5.41, 5.74) is 0. The number of urea groups is 1. The zero-order chi connectivity index (χ0) is 10.3. The second-order valence-corrected chi connectivity index (χ2v) is 3.20. The molecule has 0 atom stereocenters. The average Bonchev–Trinajstić information content (AvgIpc) is 2.04. The highest BCUT2D eigenvalue weighted by Gasteiger charge is 2.03. The number of hydrogen-bond acceptors (Lipinski definition) is 2. The number of carbonyl (C=O) groups excluding carboxylic acids is 1. The van der Waals surface area contributed by atoms with Gasteiger partial charge in [-0.3, -0.25) is 0 Å². The highest BCUT2D eigenvalue weighted by atomic mass is 16.3. The summed E-state index contributed by atoms with van der Waals surface area (Å²) in [6, 6.07) is -0.203. The summed E-state index contributed by atoms with van der Waals surface area (Å²) in [7, 11) is 1.63. The van der Waals surface area contributed by atoms with E-state index in [9.17, 15) is 4.79 Å². The molecule has 0 rings (SSSR count). The minimum Gasteiger partial charge on any atom is -0.395 e. The van der Waals surface area contributed by atoms with Gasteiger partial charge in [-0.05, 0) is 5.92 Å². The lowest BCUT2D eigenvalue weighted by atomic mass is 10.2. The highest BCUT2D eigenvalue weighted by Crippen LogP contribution is 1.91. The molecule has 0 heterocycles. The minimum absolute atomic E-state index is 0.0161. The van der Waals surface area contributed by atoms with E-state index >= 15 is 0 Å². The first-order chi connectivity index (χ1) is 6.07. The van der Waals surface area contributed by atoms with Crippen LogP contribution in [0.5, 0.6) is 0 Å². The van der Waals surface area contributed by atoms with Crippen LogP contribution in [0, 0.1) is 5.92 Å². The van der Waals surface area contributed by atoms with Crippen LogP contribution < -0.4 is 5.32 Å². The molecule has 0 fully saturated rings. The molecule has 0 aliphatic heterocycles. The van der Waals surface area contributed by atoms with Crippen molar-refractivity contribution in [3.63, 3.8) is 0 Å². The molecular weight excluding hydrogens is 168 g/mol. The zero-order valence-corrected chi connectivity index (χ0v) is 8.45. The maximum Gasteiger partial charge on any atom is 0.321 e. The monoisotopic (exact) mass is 186 g/mol. The molecule has 0 radical (unpaired) electrons. The number of allylic oxidation sites excluding steroid dienone is 1. The Kier molecular flexibility index (Phi) is 5.97. The predicted molar refractivity (Wildman–Crippen MR) is 52.2 cm³/mol. The van der Waals surface area contributed by atoms with Crippen molar-refractivity contribution in [1.29, 1.82) is 0 Å². The summed E-state index contributed by atoms with van der Waals surface area (Å²) < 4.78 is 0. The van der Waals surface area contributed by atoms with E-state index in [-0.39, 0.29) is 12.6 Å². The molecule has 0 saturated heterocycles. The first-order valence-electron chi connectivity index (χ1n) is 4.37. The van der Waals surface area contributed by atoms with E-state index in [0.29, 0.717) is 12.5 Å². The third kappa shape index (κ3) is 6.16. The summed E-state index contributed by atoms with van der Waals surface area (Å²) in [4.78, 5) is 12.6. The van der Waals surface area contributed by atoms with Crippen molar-refractivity contribution >= 4 is 6.03 Å². The third-order valence-corrected chi connectivity index (χ3v) is 1.47. The fourth-order valence-electron chi connectivity index (χ4n) is 0.674. The van der Waals surface area contributed by atoms with Gasteiger partial charge in [-0.2, -0.15) is 0 Å². The van der Waals surface area contributed by atoms with E-state index in [1.54, 1.807) is 13.2 Å². The molecule has 0 aromatic carbocycles. The molecule has 0 bridgehead atoms. The Labute approximate surface area is 79.2 Å². The lowest BCUT2D eigenvalue weighted by Crippen LogP contribution is -2.36. The van der Waals surface area contributed by atoms with Gasteiger partial charge in [0.05, 0.1) is 6.61 Å². The third-order valence-electron chi connectivity index (χ3n) is 1.47. The van der Waals surface area contributed by atoms with Crippen molar-refractivity contribution in [3.05, 3.63) is 12.3 Å². The number of nitrogens with zero attached hydrogens (tertiary/aromatic N) is 1. The Morgan fingerprint density at radius 2 is 2.23 bits per heavy atom. The van der Waals surface area contributed by atoms with E-state index in [1.165, 1.54) is 4.90 Å². The van der Waals surface area contributed by atoms with Crippen LogP contribution in [-0.2, 0) is 0 Å². The quantitative estimate of drug-likeness (QED) is 0.682. The van der Waals surface area contributed by atoms with Crippen LogP contribution in [0.1, 0.15) is 13.8 Å². The molecular formula is C9H18N2O2. The van der Waals surface area contributed by atoms with Crippen LogP contribution in [0.25, 0.3) is 0 Å². The van der Waals surface area contributed by atoms with Gasteiger partial charge < -0.3 is 15.3 Å². The number of nitrogens with one attached hydrogen (secondary N) is 1. The van der Waals surface area contributed by atoms with Crippen LogP contribution >= 0.6 is 0 Å². The molecule has 0 unspecified atom stereocenters. The fraction of sp³-hybridized carbons (Fsp3) is 0.667. The number of aliphatic hydroxyl groups is 1. The van der Waals surface area contributed by atoms with Gasteiger partial charge in [-0.15, -0.1) is 0 Å². The molecule has 76 valence electrons. The number of likely N-dealkylation sites (N-methyl/N-ethyl adjacent to an activating group) is 1. The summed E-state index contributed by atoms with van der Waals surface area (Å²) in [6.07, 6.45) is 3.52. The Balaban J connectivity index is 3.73. The topological polar surface area (TPSA) is 52.6 Å². The zero-order valence-electron chi connectivity index (χ0n) is 8.45. The van der Waals surface area contributed by atoms with Crippen molar-refractivity contribution in [2.24, 2.45) is 5.92 Å². The maximum atomic E-state index is 11.2. The number of amides is 2. The van der Waals surface area contributed by atoms with Crippen LogP contribution in [0.4, 0.5) is 4.79 Å². The summed E-state index contributed by atoms with van der Waals surface area (Å²) in [5.74, 6) is 0.420. The number of rotatable bonds is 4. The lowest BCUT2D eigenvalue weighted by molar-refractivity contribution is 0.193. The molecule has 0 aromatic heterocycles. The molecule has 2 amide bonds. The molecule has 0 spiro atoms. The van der Waals surface area contributed by atoms with Crippen LogP contribution in [0.2, 0.25) is 0 Å². The van der Waals surface area contributed by atoms with Gasteiger partial charge in [0.25, 0.3) is 0 Å². The van der Waals surface area contributed by atoms with Gasteiger partial charge in [-0.25, -0.2) is 4.79 Å². The van der Waals surface area contributed by atoms with Crippen molar-refractivity contribution in [2.45, 2.75) is 13.8 Å². The van der Waals surface area contributed by atoms with Crippen molar-refractivity contribution in [2.75, 3.05) is 20.2 Å². The maximum absolute atomic E-state index is 11.2. The van der Waals surface area contributed by atoms with E-state index < -0.39 is 0 Å². The molecule has 0 saturated carbocycles. The predicted octanol–water partition coefficient (Wildman–Crippen LogP) is 0.790. The van der Waals surface area contributed by atoms with Gasteiger partial charge in [0, 0.05) is 19.8 Å². The van der Waals surface area contributed by atoms with Gasteiger partial charge in [0.1, 0.15) is 0 Å². The smallest absolute Gasteiger partial charge is 0.321 e. The molecule has 0 aromatic rings. The Hall–Kier alpha value is -1.03. The van der Waals surface area contributed by atoms with Gasteiger partial charge in [0.2, 0.25) is 0 Å². The molecule has 4 nitrogen and oxygen atoms in total. The van der Waals surface area contributed by atoms with Crippen molar-refractivity contribution in [3.8, 4) is 0 Å². The highest BCUT2D eigenvalue weighted by molar-refractivity contribution is 5.74. The summed E-state index contributed by atoms with van der Waals surface area (Å²) in [6.45, 7) is 4.39. The normalized spacial score (nSPS) is 10.8. The van der Waals surface area contributed by atoms with E-state index in [1.807, 2.05) is 19.9 Å². The van der Waals surface area contributed by atoms with Gasteiger partial charge in [-0.1, -0.05) is 19.9 Å².